The number of nitrogens with zero attached hydrogens (tertiary/aromatic N) is 4. The number of halogens is 1. The summed E-state index contributed by atoms with van der Waals surface area (Å²) in [6, 6.07) is 20.8. The van der Waals surface area contributed by atoms with Crippen LogP contribution in [0.4, 0.5) is 5.69 Å². The maximum absolute atomic E-state index is 12.5. The van der Waals surface area contributed by atoms with Gasteiger partial charge in [0.2, 0.25) is 5.91 Å². The van der Waals surface area contributed by atoms with Crippen molar-refractivity contribution in [3.05, 3.63) is 88.4 Å². The van der Waals surface area contributed by atoms with Crippen LogP contribution in [0.2, 0.25) is 5.02 Å². The van der Waals surface area contributed by atoms with Crippen molar-refractivity contribution in [2.24, 2.45) is 0 Å². The van der Waals surface area contributed by atoms with Gasteiger partial charge in [-0.05, 0) is 49.1 Å². The van der Waals surface area contributed by atoms with Crippen LogP contribution in [0.25, 0.3) is 11.6 Å². The molecule has 4 aromatic rings. The minimum atomic E-state index is -0.179. The molecular formula is C23H22ClN5O2S. The molecule has 2 heterocycles. The van der Waals surface area contributed by atoms with Crippen LogP contribution in [0.3, 0.4) is 0 Å². The van der Waals surface area contributed by atoms with E-state index in [1.165, 1.54) is 0 Å². The van der Waals surface area contributed by atoms with Gasteiger partial charge in [0.1, 0.15) is 0 Å². The number of para-hydroxylation sites is 1. The van der Waals surface area contributed by atoms with Crippen LogP contribution in [0.1, 0.15) is 5.56 Å². The molecule has 0 aliphatic heterocycles. The first-order chi connectivity index (χ1) is 15.5. The van der Waals surface area contributed by atoms with E-state index in [0.29, 0.717) is 40.3 Å². The molecule has 0 aliphatic carbocycles. The number of nitrogens with one attached hydrogen (secondary N) is 1. The maximum atomic E-state index is 12.5. The molecule has 4 rings (SSSR count). The van der Waals surface area contributed by atoms with Gasteiger partial charge in [-0.15, -0.1) is 5.10 Å². The van der Waals surface area contributed by atoms with Crippen molar-refractivity contribution in [1.82, 2.24) is 19.2 Å². The molecule has 0 spiro atoms. The summed E-state index contributed by atoms with van der Waals surface area (Å²) in [6.45, 7) is 1.05. The van der Waals surface area contributed by atoms with E-state index in [2.05, 4.69) is 10.4 Å². The van der Waals surface area contributed by atoms with E-state index >= 15 is 0 Å². The summed E-state index contributed by atoms with van der Waals surface area (Å²) >= 11 is 11.8. The quantitative estimate of drug-likeness (QED) is 0.373. The Morgan fingerprint density at radius 3 is 2.59 bits per heavy atom. The van der Waals surface area contributed by atoms with E-state index in [9.17, 15) is 4.79 Å². The summed E-state index contributed by atoms with van der Waals surface area (Å²) in [5.41, 5.74) is 1.68. The van der Waals surface area contributed by atoms with Crippen LogP contribution in [-0.4, -0.2) is 38.7 Å². The molecule has 164 valence electrons. The molecule has 0 aliphatic rings. The number of benzene rings is 2. The summed E-state index contributed by atoms with van der Waals surface area (Å²) < 4.78 is 9.75. The first-order valence-corrected chi connectivity index (χ1v) is 10.8. The van der Waals surface area contributed by atoms with Gasteiger partial charge in [-0.25, -0.2) is 4.68 Å². The Morgan fingerprint density at radius 2 is 1.88 bits per heavy atom. The average Bonchev–Trinajstić information content (AvgIpc) is 3.40. The standard InChI is InChI=1S/C23H22ClN5O2S/c1-27(15-21(30)25-19-11-6-5-10-18(19)24)16-29-23(32)28(14-17-8-3-2-4-9-17)22(26-29)20-12-7-13-31-20/h2-13H,14-16H2,1H3,(H,25,30). The number of rotatable bonds is 8. The maximum Gasteiger partial charge on any atom is 0.238 e. The van der Waals surface area contributed by atoms with Crippen molar-refractivity contribution >= 4 is 35.4 Å². The molecule has 0 unspecified atom stereocenters. The lowest BCUT2D eigenvalue weighted by molar-refractivity contribution is -0.117. The molecular weight excluding hydrogens is 446 g/mol. The number of hydrogen-bond donors (Lipinski definition) is 1. The van der Waals surface area contributed by atoms with Gasteiger partial charge in [-0.2, -0.15) is 0 Å². The highest BCUT2D eigenvalue weighted by molar-refractivity contribution is 7.71. The van der Waals surface area contributed by atoms with Crippen molar-refractivity contribution in [2.75, 3.05) is 18.9 Å². The number of aromatic nitrogens is 3. The summed E-state index contributed by atoms with van der Waals surface area (Å²) in [7, 11) is 1.83. The van der Waals surface area contributed by atoms with Gasteiger partial charge in [0.05, 0.1) is 36.7 Å². The second kappa shape index (κ2) is 9.95. The first-order valence-electron chi connectivity index (χ1n) is 9.99. The monoisotopic (exact) mass is 467 g/mol. The minimum absolute atomic E-state index is 0.147. The second-order valence-electron chi connectivity index (χ2n) is 7.34. The van der Waals surface area contributed by atoms with Crippen LogP contribution < -0.4 is 5.32 Å². The zero-order valence-corrected chi connectivity index (χ0v) is 19.0. The smallest absolute Gasteiger partial charge is 0.238 e. The van der Waals surface area contributed by atoms with Gasteiger partial charge in [0.15, 0.2) is 16.4 Å². The van der Waals surface area contributed by atoms with Crippen molar-refractivity contribution < 1.29 is 9.21 Å². The lowest BCUT2D eigenvalue weighted by Gasteiger charge is -2.16. The van der Waals surface area contributed by atoms with Crippen LogP contribution in [-0.2, 0) is 18.0 Å². The fourth-order valence-corrected chi connectivity index (χ4v) is 3.74. The predicted octanol–water partition coefficient (Wildman–Crippen LogP) is 4.90. The highest BCUT2D eigenvalue weighted by Crippen LogP contribution is 2.21. The fourth-order valence-electron chi connectivity index (χ4n) is 3.31. The Hall–Kier alpha value is -3.20. The Labute approximate surface area is 195 Å². The molecule has 0 fully saturated rings. The molecule has 32 heavy (non-hydrogen) atoms. The van der Waals surface area contributed by atoms with Gasteiger partial charge in [0, 0.05) is 0 Å². The van der Waals surface area contributed by atoms with Crippen LogP contribution in [0.15, 0.2) is 77.4 Å². The highest BCUT2D eigenvalue weighted by Gasteiger charge is 2.17. The minimum Gasteiger partial charge on any atom is -0.461 e. The van der Waals surface area contributed by atoms with Gasteiger partial charge in [0.25, 0.3) is 0 Å². The zero-order chi connectivity index (χ0) is 22.5. The lowest BCUT2D eigenvalue weighted by atomic mass is 10.2. The molecule has 2 aromatic heterocycles. The summed E-state index contributed by atoms with van der Waals surface area (Å²) in [4.78, 5) is 14.3. The Bertz CT molecular complexity index is 1250. The molecule has 1 amide bonds. The fraction of sp³-hybridized carbons (Fsp3) is 0.174. The third-order valence-electron chi connectivity index (χ3n) is 4.78. The van der Waals surface area contributed by atoms with Crippen LogP contribution in [0, 0.1) is 4.77 Å². The van der Waals surface area contributed by atoms with E-state index in [-0.39, 0.29) is 12.5 Å². The SMILES string of the molecule is CN(CC(=O)Nc1ccccc1Cl)Cn1nc(-c2ccco2)n(Cc2ccccc2)c1=S. The normalized spacial score (nSPS) is 11.1. The molecule has 0 bridgehead atoms. The van der Waals surface area contributed by atoms with Crippen LogP contribution >= 0.6 is 23.8 Å². The first kappa shape index (κ1) is 22.0. The third kappa shape index (κ3) is 5.16. The van der Waals surface area contributed by atoms with Gasteiger partial charge in [-0.3, -0.25) is 14.3 Å². The molecule has 0 atom stereocenters. The van der Waals surface area contributed by atoms with Crippen molar-refractivity contribution in [2.45, 2.75) is 13.2 Å². The van der Waals surface area contributed by atoms with E-state index in [0.717, 1.165) is 5.56 Å². The Balaban J connectivity index is 1.52. The van der Waals surface area contributed by atoms with Crippen molar-refractivity contribution in [1.29, 1.82) is 0 Å². The largest absolute Gasteiger partial charge is 0.461 e. The topological polar surface area (TPSA) is 68.2 Å². The number of anilines is 1. The summed E-state index contributed by atoms with van der Waals surface area (Å²) in [5, 5.41) is 8.00. The number of carbonyl (C=O) groups is 1. The Kier molecular flexibility index (Phi) is 6.84. The van der Waals surface area contributed by atoms with E-state index in [1.54, 1.807) is 23.1 Å². The molecule has 7 nitrogen and oxygen atoms in total. The predicted molar refractivity (Wildman–Crippen MR) is 127 cm³/mol. The second-order valence-corrected chi connectivity index (χ2v) is 8.11. The lowest BCUT2D eigenvalue weighted by Crippen LogP contribution is -2.32. The van der Waals surface area contributed by atoms with Gasteiger partial charge >= 0.3 is 0 Å². The summed E-state index contributed by atoms with van der Waals surface area (Å²) in [5.74, 6) is 1.09. The number of hydrogen-bond acceptors (Lipinski definition) is 5. The third-order valence-corrected chi connectivity index (χ3v) is 5.55. The molecule has 0 saturated heterocycles. The van der Waals surface area contributed by atoms with Crippen LogP contribution in [0.5, 0.6) is 0 Å². The van der Waals surface area contributed by atoms with Gasteiger partial charge < -0.3 is 9.73 Å². The van der Waals surface area contributed by atoms with Crippen molar-refractivity contribution in [3.63, 3.8) is 0 Å². The number of carbonyl (C=O) groups excluding carboxylic acids is 1. The molecule has 1 N–H and O–H groups in total. The molecule has 0 radical (unpaired) electrons. The van der Waals surface area contributed by atoms with E-state index in [1.807, 2.05) is 71.1 Å². The number of likely N-dealkylation sites (N-methyl/N-ethyl adjacent to an activating group) is 1. The molecule has 9 heteroatoms. The average molecular weight is 468 g/mol. The van der Waals surface area contributed by atoms with Crippen molar-refractivity contribution in [3.8, 4) is 11.6 Å². The molecule has 0 saturated carbocycles. The summed E-state index contributed by atoms with van der Waals surface area (Å²) in [6.07, 6.45) is 1.61. The number of amides is 1. The van der Waals surface area contributed by atoms with E-state index in [4.69, 9.17) is 28.2 Å². The van der Waals surface area contributed by atoms with Gasteiger partial charge in [-0.1, -0.05) is 54.1 Å². The number of furan rings is 1. The zero-order valence-electron chi connectivity index (χ0n) is 17.4. The highest BCUT2D eigenvalue weighted by atomic mass is 35.5. The Morgan fingerprint density at radius 1 is 1.12 bits per heavy atom. The molecule has 2 aromatic carbocycles. The van der Waals surface area contributed by atoms with E-state index < -0.39 is 0 Å².